The van der Waals surface area contributed by atoms with Crippen LogP contribution in [0.5, 0.6) is 0 Å². The van der Waals surface area contributed by atoms with Gasteiger partial charge in [-0.15, -0.1) is 0 Å². The number of benzene rings is 4. The molecule has 54 heavy (non-hydrogen) atoms. The second-order valence-corrected chi connectivity index (χ2v) is 37.7. The summed E-state index contributed by atoms with van der Waals surface area (Å²) in [6.07, 6.45) is 6.70. The number of carbonyl (C=O) groups is 2. The maximum atomic E-state index is 13.7. The SMILES string of the molecule is CCC(=O)N[B](NC(=O)CC)[Zr]([Cl])([Cl])([CH]1C(CC(C)C)=Cc2c(-c3ccccc3C)cccc21)[CH]1C(CC(C)C)=Cc2c(-c3ccccc3C)cccc21. The van der Waals surface area contributed by atoms with Crippen molar-refractivity contribution in [1.82, 2.24) is 10.5 Å². The van der Waals surface area contributed by atoms with Crippen LogP contribution in [-0.4, -0.2) is 16.3 Å². The van der Waals surface area contributed by atoms with Gasteiger partial charge in [-0.3, -0.25) is 0 Å². The molecule has 0 radical (unpaired) electrons. The molecule has 8 heteroatoms. The van der Waals surface area contributed by atoms with Crippen molar-refractivity contribution >= 4 is 45.5 Å². The molecule has 2 N–H and O–H groups in total. The molecule has 4 aromatic rings. The van der Waals surface area contributed by atoms with Crippen molar-refractivity contribution in [2.75, 3.05) is 0 Å². The van der Waals surface area contributed by atoms with Crippen LogP contribution in [0, 0.1) is 25.7 Å². The van der Waals surface area contributed by atoms with Crippen molar-refractivity contribution in [3.8, 4) is 22.3 Å². The van der Waals surface area contributed by atoms with Crippen LogP contribution in [0.3, 0.4) is 0 Å². The number of nitrogens with one attached hydrogen (secondary N) is 2. The van der Waals surface area contributed by atoms with Gasteiger partial charge in [-0.25, -0.2) is 0 Å². The second-order valence-electron chi connectivity index (χ2n) is 16.2. The quantitative estimate of drug-likeness (QED) is 0.132. The zero-order valence-corrected chi connectivity index (χ0v) is 37.0. The van der Waals surface area contributed by atoms with E-state index >= 15 is 0 Å². The summed E-state index contributed by atoms with van der Waals surface area (Å²) in [5.41, 5.74) is 13.7. The molecule has 0 fully saturated rings. The Labute approximate surface area is 331 Å². The van der Waals surface area contributed by atoms with Crippen LogP contribution >= 0.6 is 17.0 Å². The van der Waals surface area contributed by atoms with Crippen LogP contribution < -0.4 is 10.5 Å². The molecule has 2 unspecified atom stereocenters. The summed E-state index contributed by atoms with van der Waals surface area (Å²) in [6, 6.07) is 30.0. The van der Waals surface area contributed by atoms with Gasteiger partial charge in [0.25, 0.3) is 0 Å². The molecule has 2 amide bonds. The normalized spacial score (nSPS) is 17.0. The predicted octanol–water partition coefficient (Wildman–Crippen LogP) is 12.3. The summed E-state index contributed by atoms with van der Waals surface area (Å²) in [5.74, 6) is 0.234. The van der Waals surface area contributed by atoms with Gasteiger partial charge in [-0.1, -0.05) is 0 Å². The summed E-state index contributed by atoms with van der Waals surface area (Å²) >= 11 is -6.01. The second kappa shape index (κ2) is 16.1. The van der Waals surface area contributed by atoms with E-state index < -0.39 is 27.9 Å². The molecule has 4 aromatic carbocycles. The van der Waals surface area contributed by atoms with Crippen molar-refractivity contribution in [2.45, 2.75) is 88.3 Å². The molecule has 281 valence electrons. The maximum absolute atomic E-state index is 13.7. The van der Waals surface area contributed by atoms with Crippen molar-refractivity contribution in [3.05, 3.63) is 129 Å². The first-order valence-electron chi connectivity index (χ1n) is 19.6. The molecule has 2 aliphatic carbocycles. The van der Waals surface area contributed by atoms with E-state index in [9.17, 15) is 9.59 Å². The molecule has 0 saturated heterocycles. The number of amides is 2. The molecule has 0 aromatic heterocycles. The average Bonchev–Trinajstić information content (AvgIpc) is 3.70. The minimum atomic E-state index is -6.01. The topological polar surface area (TPSA) is 58.2 Å². The van der Waals surface area contributed by atoms with Gasteiger partial charge in [0.1, 0.15) is 0 Å². The van der Waals surface area contributed by atoms with Crippen molar-refractivity contribution in [3.63, 3.8) is 0 Å². The number of rotatable bonds is 13. The standard InChI is InChI=1S/2C20H21.C6H11BN2O2.2ClH.Zr/c2*1-14(2)11-16-12-17-8-6-10-19(20(17)13-16)18-9-5-4-7-15(18)3;1-3-5(10)8-7-9-6(11)4-2;;;/h2*4-10,12-14H,11H2,1-3H3;3-4H2,1-2H3,(H-,8,9,10,11);2*1H;/q;;;;;+1/p-1. The number of fused-ring (bicyclic) bond motifs is 2. The molecule has 0 heterocycles. The van der Waals surface area contributed by atoms with Gasteiger partial charge >= 0.3 is 334 Å². The number of allylic oxidation sites excluding steroid dienone is 2. The Morgan fingerprint density at radius 3 is 1.33 bits per heavy atom. The Hall–Kier alpha value is -3.17. The average molecular weight is 840 g/mol. The fraction of sp³-hybridized carbons (Fsp3) is 0.348. The fourth-order valence-electron chi connectivity index (χ4n) is 9.09. The van der Waals surface area contributed by atoms with E-state index in [1.54, 1.807) is 0 Å². The number of carbonyl (C=O) groups excluding carboxylic acids is 2. The minimum absolute atomic E-state index is 0.194. The van der Waals surface area contributed by atoms with E-state index in [0.717, 1.165) is 46.2 Å². The van der Waals surface area contributed by atoms with E-state index in [2.05, 4.69) is 149 Å². The first kappa shape index (κ1) is 40.5. The van der Waals surface area contributed by atoms with Crippen LogP contribution in [0.15, 0.2) is 96.1 Å². The molecule has 2 atom stereocenters. The van der Waals surface area contributed by atoms with E-state index in [4.69, 9.17) is 17.0 Å². The molecule has 4 nitrogen and oxygen atoms in total. The Balaban J connectivity index is 1.73. The molecular formula is C46H54BCl2N2O2Zr. The zero-order valence-electron chi connectivity index (χ0n) is 33.0. The van der Waals surface area contributed by atoms with E-state index in [1.807, 2.05) is 13.8 Å². The van der Waals surface area contributed by atoms with Crippen LogP contribution in [0.2, 0.25) is 0 Å². The first-order valence-corrected chi connectivity index (χ1v) is 30.2. The molecule has 2 aliphatic rings. The third-order valence-electron chi connectivity index (χ3n) is 11.4. The van der Waals surface area contributed by atoms with Gasteiger partial charge in [0.2, 0.25) is 0 Å². The van der Waals surface area contributed by atoms with Crippen LogP contribution in [0.4, 0.5) is 0 Å². The van der Waals surface area contributed by atoms with Gasteiger partial charge in [-0.05, 0) is 0 Å². The van der Waals surface area contributed by atoms with Gasteiger partial charge in [-0.2, -0.15) is 0 Å². The Kier molecular flexibility index (Phi) is 12.1. The summed E-state index contributed by atoms with van der Waals surface area (Å²) in [7, 11) is 17.8. The number of halogens is 2. The molecule has 0 saturated carbocycles. The summed E-state index contributed by atoms with van der Waals surface area (Å²) in [5, 5.41) is 6.58. The molecular weight excluding hydrogens is 785 g/mol. The molecule has 0 bridgehead atoms. The Morgan fingerprint density at radius 1 is 0.611 bits per heavy atom. The first-order chi connectivity index (χ1) is 25.7. The molecule has 6 rings (SSSR count). The fourth-order valence-corrected chi connectivity index (χ4v) is 29.7. The van der Waals surface area contributed by atoms with Gasteiger partial charge in [0, 0.05) is 0 Å². The monoisotopic (exact) mass is 837 g/mol. The molecule has 0 spiro atoms. The van der Waals surface area contributed by atoms with Gasteiger partial charge in [0.05, 0.1) is 0 Å². The zero-order chi connectivity index (χ0) is 39.0. The van der Waals surface area contributed by atoms with Crippen LogP contribution in [0.25, 0.3) is 34.4 Å². The van der Waals surface area contributed by atoms with Crippen LogP contribution in [-0.2, 0) is 25.8 Å². The number of aryl methyl sites for hydroxylation is 2. The van der Waals surface area contributed by atoms with Crippen molar-refractivity contribution < 1.29 is 25.8 Å². The molecule has 0 aliphatic heterocycles. The third-order valence-corrected chi connectivity index (χ3v) is 31.3. The van der Waals surface area contributed by atoms with E-state index in [1.165, 1.54) is 33.4 Å². The van der Waals surface area contributed by atoms with Crippen LogP contribution in [0.1, 0.15) is 108 Å². The van der Waals surface area contributed by atoms with E-state index in [-0.39, 0.29) is 24.7 Å². The summed E-state index contributed by atoms with van der Waals surface area (Å²) < 4.78 is -1.75. The van der Waals surface area contributed by atoms with Crippen molar-refractivity contribution in [2.24, 2.45) is 11.8 Å². The Morgan fingerprint density at radius 2 is 0.981 bits per heavy atom. The van der Waals surface area contributed by atoms with Crippen molar-refractivity contribution in [1.29, 1.82) is 0 Å². The summed E-state index contributed by atoms with van der Waals surface area (Å²) in [6.45, 7) is 16.9. The third kappa shape index (κ3) is 7.40. The number of hydrogen-bond acceptors (Lipinski definition) is 2. The van der Waals surface area contributed by atoms with E-state index in [0.29, 0.717) is 11.8 Å². The Bertz CT molecular complexity index is 2010. The summed E-state index contributed by atoms with van der Waals surface area (Å²) in [4.78, 5) is 27.4. The predicted molar refractivity (Wildman–Crippen MR) is 228 cm³/mol. The van der Waals surface area contributed by atoms with Gasteiger partial charge < -0.3 is 0 Å². The number of hydrogen-bond donors (Lipinski definition) is 2. The van der Waals surface area contributed by atoms with Gasteiger partial charge in [0.15, 0.2) is 0 Å².